The summed E-state index contributed by atoms with van der Waals surface area (Å²) < 4.78 is 3.19. The lowest BCUT2D eigenvalue weighted by molar-refractivity contribution is -0.142. The van der Waals surface area contributed by atoms with Gasteiger partial charge in [0, 0.05) is 10.9 Å². The van der Waals surface area contributed by atoms with Crippen LogP contribution >= 0.6 is 23.5 Å². The predicted octanol–water partition coefficient (Wildman–Crippen LogP) is 4.03. The van der Waals surface area contributed by atoms with Gasteiger partial charge >= 0.3 is 11.9 Å². The molecule has 0 aliphatic heterocycles. The fraction of sp³-hybridized carbons (Fsp3) is 0.444. The van der Waals surface area contributed by atoms with Gasteiger partial charge in [0.25, 0.3) is 0 Å². The van der Waals surface area contributed by atoms with Crippen molar-refractivity contribution in [2.45, 2.75) is 44.9 Å². The largest absolute Gasteiger partial charge is 0.480 e. The van der Waals surface area contributed by atoms with Crippen LogP contribution in [0.15, 0.2) is 18.2 Å². The molecule has 1 aliphatic carbocycles. The van der Waals surface area contributed by atoms with Crippen molar-refractivity contribution in [2.75, 3.05) is 9.62 Å². The number of anilines is 2. The topological polar surface area (TPSA) is 69.6 Å². The zero-order chi connectivity index (χ0) is 18.8. The highest BCUT2D eigenvalue weighted by Crippen LogP contribution is 2.38. The van der Waals surface area contributed by atoms with Crippen LogP contribution < -0.4 is 9.62 Å². The Morgan fingerprint density at radius 1 is 1.44 bits per heavy atom. The summed E-state index contributed by atoms with van der Waals surface area (Å²) in [5.74, 6) is 0.172. The number of nitrogens with zero attached hydrogens (tertiary/aromatic N) is 1. The number of carbonyl (C=O) groups is 2. The molecule has 0 radical (unpaired) electrons. The number of hydrogen-bond acceptors (Lipinski definition) is 4. The zero-order valence-electron chi connectivity index (χ0n) is 14.4. The van der Waals surface area contributed by atoms with Gasteiger partial charge in [0.15, 0.2) is 0 Å². The Morgan fingerprint density at radius 2 is 2.08 bits per heavy atom. The van der Waals surface area contributed by atoms with E-state index in [1.807, 2.05) is 5.92 Å². The number of carboxylic acid groups (broad SMARTS) is 1. The second-order valence-electron chi connectivity index (χ2n) is 7.01. The maximum atomic E-state index is 12.3. The van der Waals surface area contributed by atoms with Crippen molar-refractivity contribution in [1.82, 2.24) is 0 Å². The van der Waals surface area contributed by atoms with Crippen LogP contribution in [0.4, 0.5) is 11.4 Å². The van der Waals surface area contributed by atoms with Crippen molar-refractivity contribution in [3.05, 3.63) is 23.2 Å². The minimum atomic E-state index is -1.13. The first-order valence-electron chi connectivity index (χ1n) is 7.89. The molecule has 0 spiro atoms. The van der Waals surface area contributed by atoms with E-state index >= 15 is 0 Å². The van der Waals surface area contributed by atoms with Crippen molar-refractivity contribution < 1.29 is 14.7 Å². The minimum absolute atomic E-state index is 0.359. The molecule has 1 amide bonds. The van der Waals surface area contributed by atoms with E-state index in [4.69, 9.17) is 18.0 Å². The second kappa shape index (κ2) is 7.59. The van der Waals surface area contributed by atoms with E-state index in [9.17, 15) is 14.7 Å². The van der Waals surface area contributed by atoms with Crippen molar-refractivity contribution >= 4 is 46.8 Å². The molecule has 1 fully saturated rings. The molecule has 1 atom stereocenters. The van der Waals surface area contributed by atoms with E-state index in [2.05, 4.69) is 4.72 Å². The number of terminal acetylenes is 1. The molecule has 7 heteroatoms. The van der Waals surface area contributed by atoms with Crippen LogP contribution in [-0.2, 0) is 9.59 Å². The summed E-state index contributed by atoms with van der Waals surface area (Å²) in [7, 11) is 0. The quantitative estimate of drug-likeness (QED) is 0.576. The summed E-state index contributed by atoms with van der Waals surface area (Å²) in [6, 6.07) is 3.82. The van der Waals surface area contributed by atoms with Crippen molar-refractivity contribution in [1.29, 1.82) is 0 Å². The van der Waals surface area contributed by atoms with E-state index in [1.54, 1.807) is 50.9 Å². The molecule has 1 aromatic carbocycles. The van der Waals surface area contributed by atoms with Crippen molar-refractivity contribution in [2.24, 2.45) is 5.41 Å². The van der Waals surface area contributed by atoms with Gasteiger partial charge in [-0.2, -0.15) is 0 Å². The summed E-state index contributed by atoms with van der Waals surface area (Å²) in [4.78, 5) is 25.2. The van der Waals surface area contributed by atoms with Crippen LogP contribution in [0.25, 0.3) is 0 Å². The Morgan fingerprint density at radius 3 is 2.52 bits per heavy atom. The lowest BCUT2D eigenvalue weighted by Crippen LogP contribution is -2.52. The normalized spacial score (nSPS) is 15.2. The number of carbonyl (C=O) groups excluding carboxylic acids is 1. The second-order valence-corrected chi connectivity index (χ2v) is 8.52. The number of nitrogens with one attached hydrogen (secondary N) is 1. The standard InChI is InChI=1S/C18H21ClN2O3S/c1-5-15(22)21(16(17(23)24)18(2,3)4)11-6-9-14(13(19)10-11)20-25-12-7-8-12/h1,6,9-10,12,16,20H,7-8H2,2-4H3,(H,23,24). The molecule has 2 rings (SSSR count). The van der Waals surface area contributed by atoms with E-state index in [0.29, 0.717) is 16.0 Å². The Kier molecular flexibility index (Phi) is 5.91. The molecule has 0 aromatic heterocycles. The van der Waals surface area contributed by atoms with E-state index in [0.717, 1.165) is 10.6 Å². The van der Waals surface area contributed by atoms with E-state index in [-0.39, 0.29) is 0 Å². The number of rotatable bonds is 6. The van der Waals surface area contributed by atoms with Gasteiger partial charge in [-0.25, -0.2) is 4.79 Å². The Hall–Kier alpha value is -1.84. The molecule has 0 bridgehead atoms. The van der Waals surface area contributed by atoms with Gasteiger partial charge in [-0.15, -0.1) is 6.42 Å². The fourth-order valence-corrected chi connectivity index (χ4v) is 3.51. The third-order valence-corrected chi connectivity index (χ3v) is 5.20. The molecule has 5 nitrogen and oxygen atoms in total. The summed E-state index contributed by atoms with van der Waals surface area (Å²) in [6.07, 6.45) is 7.63. The highest BCUT2D eigenvalue weighted by molar-refractivity contribution is 8.01. The first-order chi connectivity index (χ1) is 11.6. The number of carboxylic acids is 1. The molecule has 1 aliphatic rings. The van der Waals surface area contributed by atoms with Crippen LogP contribution in [0, 0.1) is 17.8 Å². The summed E-state index contributed by atoms with van der Waals surface area (Å²) in [5, 5.41) is 10.7. The fourth-order valence-electron chi connectivity index (χ4n) is 2.39. The van der Waals surface area contributed by atoms with Gasteiger partial charge in [-0.05, 0) is 54.3 Å². The average Bonchev–Trinajstić information content (AvgIpc) is 3.33. The summed E-state index contributed by atoms with van der Waals surface area (Å²) >= 11 is 7.92. The van der Waals surface area contributed by atoms with Gasteiger partial charge < -0.3 is 9.83 Å². The third-order valence-electron chi connectivity index (χ3n) is 3.75. The summed E-state index contributed by atoms with van der Waals surface area (Å²) in [5.41, 5.74) is 0.360. The Labute approximate surface area is 157 Å². The predicted molar refractivity (Wildman–Crippen MR) is 103 cm³/mol. The van der Waals surface area contributed by atoms with Crippen LogP contribution in [0.5, 0.6) is 0 Å². The van der Waals surface area contributed by atoms with Crippen molar-refractivity contribution in [3.8, 4) is 12.3 Å². The van der Waals surface area contributed by atoms with E-state index in [1.165, 1.54) is 12.8 Å². The molecule has 1 unspecified atom stereocenters. The highest BCUT2D eigenvalue weighted by Gasteiger charge is 2.39. The van der Waals surface area contributed by atoms with Crippen LogP contribution in [0.3, 0.4) is 0 Å². The van der Waals surface area contributed by atoms with Crippen LogP contribution in [0.2, 0.25) is 5.02 Å². The Bertz CT molecular complexity index is 720. The number of aliphatic carboxylic acids is 1. The van der Waals surface area contributed by atoms with Crippen molar-refractivity contribution in [3.63, 3.8) is 0 Å². The maximum Gasteiger partial charge on any atom is 0.327 e. The lowest BCUT2D eigenvalue weighted by Gasteiger charge is -2.36. The third kappa shape index (κ3) is 4.83. The summed E-state index contributed by atoms with van der Waals surface area (Å²) in [6.45, 7) is 5.23. The molecule has 0 saturated heterocycles. The zero-order valence-corrected chi connectivity index (χ0v) is 15.9. The number of hydrogen-bond donors (Lipinski definition) is 2. The van der Waals surface area contributed by atoms with Gasteiger partial charge in [-0.3, -0.25) is 9.69 Å². The molecule has 1 saturated carbocycles. The molecule has 2 N–H and O–H groups in total. The molecule has 1 aromatic rings. The first kappa shape index (κ1) is 19.5. The molecular weight excluding hydrogens is 360 g/mol. The van der Waals surface area contributed by atoms with Gasteiger partial charge in [0.2, 0.25) is 0 Å². The molecule has 134 valence electrons. The minimum Gasteiger partial charge on any atom is -0.480 e. The first-order valence-corrected chi connectivity index (χ1v) is 9.14. The lowest BCUT2D eigenvalue weighted by atomic mass is 9.85. The van der Waals surface area contributed by atoms with Crippen LogP contribution in [0.1, 0.15) is 33.6 Å². The Balaban J connectivity index is 2.37. The maximum absolute atomic E-state index is 12.3. The van der Waals surface area contributed by atoms with Gasteiger partial charge in [-0.1, -0.05) is 32.4 Å². The average molecular weight is 381 g/mol. The molecular formula is C18H21ClN2O3S. The smallest absolute Gasteiger partial charge is 0.327 e. The van der Waals surface area contributed by atoms with Gasteiger partial charge in [0.1, 0.15) is 6.04 Å². The van der Waals surface area contributed by atoms with E-state index < -0.39 is 23.3 Å². The molecule has 25 heavy (non-hydrogen) atoms. The number of halogens is 1. The SMILES string of the molecule is C#CC(=O)N(c1ccc(NSC2CC2)c(Cl)c1)C(C(=O)O)C(C)(C)C. The highest BCUT2D eigenvalue weighted by atomic mass is 35.5. The van der Waals surface area contributed by atoms with Gasteiger partial charge in [0.05, 0.1) is 10.7 Å². The number of amides is 1. The molecule has 0 heterocycles. The monoisotopic (exact) mass is 380 g/mol. The van der Waals surface area contributed by atoms with Crippen LogP contribution in [-0.4, -0.2) is 28.3 Å². The number of benzene rings is 1.